The highest BCUT2D eigenvalue weighted by Gasteiger charge is 2.21. The number of rotatable bonds is 9. The third-order valence-corrected chi connectivity index (χ3v) is 4.89. The number of aromatic nitrogens is 1. The average Bonchev–Trinajstić information content (AvgIpc) is 3.13. The van der Waals surface area contributed by atoms with Crippen molar-refractivity contribution in [3.63, 3.8) is 0 Å². The number of hydrogen-bond acceptors (Lipinski definition) is 3. The smallest absolute Gasteiger partial charge is 0.242 e. The van der Waals surface area contributed by atoms with Gasteiger partial charge < -0.3 is 20.4 Å². The molecule has 2 aromatic carbocycles. The largest absolute Gasteiger partial charge is 0.497 e. The molecule has 2 amide bonds. The molecular formula is C23H27N3O3. The zero-order valence-electron chi connectivity index (χ0n) is 16.8. The van der Waals surface area contributed by atoms with Crippen LogP contribution < -0.4 is 15.4 Å². The number of carbonyl (C=O) groups excluding carboxylic acids is 2. The van der Waals surface area contributed by atoms with Gasteiger partial charge in [0, 0.05) is 37.0 Å². The van der Waals surface area contributed by atoms with E-state index in [1.807, 2.05) is 54.7 Å². The summed E-state index contributed by atoms with van der Waals surface area (Å²) < 4.78 is 5.16. The number of carbonyl (C=O) groups is 2. The second-order valence-corrected chi connectivity index (χ2v) is 7.06. The van der Waals surface area contributed by atoms with Gasteiger partial charge in [0.05, 0.1) is 7.11 Å². The number of hydrogen-bond donors (Lipinski definition) is 3. The minimum atomic E-state index is -0.604. The second-order valence-electron chi connectivity index (χ2n) is 7.06. The fourth-order valence-electron chi connectivity index (χ4n) is 3.39. The standard InChI is InChI=1S/C23H27N3O3/c1-16(27)26-22(14-18-15-25-21-8-4-3-7-20(18)21)23(28)24-13-5-6-17-9-11-19(29-2)12-10-17/h3-4,7-12,15,22,25H,5-6,13-14H2,1-2H3,(H,24,28)(H,26,27). The molecule has 29 heavy (non-hydrogen) atoms. The molecule has 0 saturated heterocycles. The Kier molecular flexibility index (Phi) is 6.89. The maximum atomic E-state index is 12.7. The topological polar surface area (TPSA) is 83.2 Å². The lowest BCUT2D eigenvalue weighted by Crippen LogP contribution is -2.47. The molecule has 6 nitrogen and oxygen atoms in total. The van der Waals surface area contributed by atoms with Gasteiger partial charge in [-0.2, -0.15) is 0 Å². The minimum Gasteiger partial charge on any atom is -0.497 e. The van der Waals surface area contributed by atoms with Crippen LogP contribution in [0.2, 0.25) is 0 Å². The van der Waals surface area contributed by atoms with Crippen molar-refractivity contribution in [3.05, 3.63) is 65.9 Å². The van der Waals surface area contributed by atoms with Crippen LogP contribution in [-0.2, 0) is 22.4 Å². The number of nitrogens with one attached hydrogen (secondary N) is 3. The highest BCUT2D eigenvalue weighted by atomic mass is 16.5. The number of amides is 2. The summed E-state index contributed by atoms with van der Waals surface area (Å²) in [5, 5.41) is 6.79. The van der Waals surface area contributed by atoms with E-state index >= 15 is 0 Å². The molecule has 0 spiro atoms. The van der Waals surface area contributed by atoms with Crippen molar-refractivity contribution in [1.82, 2.24) is 15.6 Å². The van der Waals surface area contributed by atoms with E-state index < -0.39 is 6.04 Å². The van der Waals surface area contributed by atoms with Crippen molar-refractivity contribution >= 4 is 22.7 Å². The Hall–Kier alpha value is -3.28. The second kappa shape index (κ2) is 9.78. The van der Waals surface area contributed by atoms with E-state index in [2.05, 4.69) is 15.6 Å². The van der Waals surface area contributed by atoms with Crippen LogP contribution >= 0.6 is 0 Å². The SMILES string of the molecule is COc1ccc(CCCNC(=O)C(Cc2c[nH]c3ccccc23)NC(C)=O)cc1. The lowest BCUT2D eigenvalue weighted by Gasteiger charge is -2.17. The minimum absolute atomic E-state index is 0.166. The zero-order valence-corrected chi connectivity index (χ0v) is 16.8. The summed E-state index contributed by atoms with van der Waals surface area (Å²) >= 11 is 0. The van der Waals surface area contributed by atoms with Gasteiger partial charge in [-0.3, -0.25) is 9.59 Å². The quantitative estimate of drug-likeness (QED) is 0.489. The van der Waals surface area contributed by atoms with Crippen LogP contribution in [-0.4, -0.2) is 36.5 Å². The van der Waals surface area contributed by atoms with Crippen molar-refractivity contribution in [2.45, 2.75) is 32.2 Å². The molecule has 3 aromatic rings. The van der Waals surface area contributed by atoms with Crippen molar-refractivity contribution in [2.24, 2.45) is 0 Å². The Balaban J connectivity index is 1.55. The summed E-state index contributed by atoms with van der Waals surface area (Å²) in [4.78, 5) is 27.5. The number of fused-ring (bicyclic) bond motifs is 1. The van der Waals surface area contributed by atoms with E-state index in [4.69, 9.17) is 4.74 Å². The average molecular weight is 393 g/mol. The molecule has 3 rings (SSSR count). The molecule has 6 heteroatoms. The molecular weight excluding hydrogens is 366 g/mol. The van der Waals surface area contributed by atoms with E-state index in [1.165, 1.54) is 12.5 Å². The number of para-hydroxylation sites is 1. The molecule has 0 saturated carbocycles. The number of methoxy groups -OCH3 is 1. The van der Waals surface area contributed by atoms with Crippen molar-refractivity contribution < 1.29 is 14.3 Å². The number of aryl methyl sites for hydroxylation is 1. The molecule has 0 aliphatic heterocycles. The summed E-state index contributed by atoms with van der Waals surface area (Å²) in [7, 11) is 1.65. The van der Waals surface area contributed by atoms with Gasteiger partial charge in [-0.1, -0.05) is 30.3 Å². The fourth-order valence-corrected chi connectivity index (χ4v) is 3.39. The van der Waals surface area contributed by atoms with Crippen LogP contribution in [0.25, 0.3) is 10.9 Å². The molecule has 0 aliphatic carbocycles. The number of aromatic amines is 1. The lowest BCUT2D eigenvalue weighted by atomic mass is 10.0. The summed E-state index contributed by atoms with van der Waals surface area (Å²) in [6.45, 7) is 1.98. The van der Waals surface area contributed by atoms with Gasteiger partial charge >= 0.3 is 0 Å². The van der Waals surface area contributed by atoms with E-state index in [9.17, 15) is 9.59 Å². The molecule has 1 aromatic heterocycles. The predicted octanol–water partition coefficient (Wildman–Crippen LogP) is 2.97. The van der Waals surface area contributed by atoms with Crippen LogP contribution in [0.5, 0.6) is 5.75 Å². The Morgan fingerprint density at radius 1 is 1.10 bits per heavy atom. The van der Waals surface area contributed by atoms with Gasteiger partial charge in [0.2, 0.25) is 11.8 Å². The van der Waals surface area contributed by atoms with Gasteiger partial charge in [0.1, 0.15) is 11.8 Å². The van der Waals surface area contributed by atoms with Gasteiger partial charge in [-0.25, -0.2) is 0 Å². The third-order valence-electron chi connectivity index (χ3n) is 4.89. The molecule has 0 bridgehead atoms. The van der Waals surface area contributed by atoms with Crippen molar-refractivity contribution in [2.75, 3.05) is 13.7 Å². The molecule has 1 atom stereocenters. The molecule has 1 unspecified atom stereocenters. The zero-order chi connectivity index (χ0) is 20.6. The van der Waals surface area contributed by atoms with Gasteiger partial charge in [-0.15, -0.1) is 0 Å². The molecule has 0 aliphatic rings. The first-order valence-corrected chi connectivity index (χ1v) is 9.79. The van der Waals surface area contributed by atoms with Gasteiger partial charge in [0.25, 0.3) is 0 Å². The van der Waals surface area contributed by atoms with Gasteiger partial charge in [0.15, 0.2) is 0 Å². The van der Waals surface area contributed by atoms with E-state index in [0.29, 0.717) is 13.0 Å². The summed E-state index contributed by atoms with van der Waals surface area (Å²) in [6.07, 6.45) is 4.01. The number of benzene rings is 2. The normalized spacial score (nSPS) is 11.8. The molecule has 3 N–H and O–H groups in total. The Morgan fingerprint density at radius 3 is 2.59 bits per heavy atom. The molecule has 0 fully saturated rings. The maximum Gasteiger partial charge on any atom is 0.242 e. The Labute approximate surface area is 170 Å². The van der Waals surface area contributed by atoms with Crippen molar-refractivity contribution in [3.8, 4) is 5.75 Å². The highest BCUT2D eigenvalue weighted by molar-refractivity contribution is 5.89. The Bertz CT molecular complexity index is 963. The van der Waals surface area contributed by atoms with Crippen molar-refractivity contribution in [1.29, 1.82) is 0 Å². The summed E-state index contributed by atoms with van der Waals surface area (Å²) in [5.41, 5.74) is 3.22. The monoisotopic (exact) mass is 393 g/mol. The third kappa shape index (κ3) is 5.60. The lowest BCUT2D eigenvalue weighted by molar-refractivity contribution is -0.128. The highest BCUT2D eigenvalue weighted by Crippen LogP contribution is 2.19. The van der Waals surface area contributed by atoms with E-state index in [1.54, 1.807) is 7.11 Å². The van der Waals surface area contributed by atoms with Crippen LogP contribution in [0.3, 0.4) is 0 Å². The predicted molar refractivity (Wildman–Crippen MR) is 114 cm³/mol. The Morgan fingerprint density at radius 2 is 1.86 bits per heavy atom. The first kappa shape index (κ1) is 20.5. The fraction of sp³-hybridized carbons (Fsp3) is 0.304. The van der Waals surface area contributed by atoms with Crippen LogP contribution in [0, 0.1) is 0 Å². The summed E-state index contributed by atoms with van der Waals surface area (Å²) in [6, 6.07) is 15.2. The first-order chi connectivity index (χ1) is 14.1. The van der Waals surface area contributed by atoms with Crippen LogP contribution in [0.1, 0.15) is 24.5 Å². The molecule has 1 heterocycles. The summed E-state index contributed by atoms with van der Waals surface area (Å²) in [5.74, 6) is 0.445. The molecule has 0 radical (unpaired) electrons. The van der Waals surface area contributed by atoms with E-state index in [0.717, 1.165) is 35.1 Å². The van der Waals surface area contributed by atoms with E-state index in [-0.39, 0.29) is 11.8 Å². The van der Waals surface area contributed by atoms with Crippen LogP contribution in [0.15, 0.2) is 54.7 Å². The van der Waals surface area contributed by atoms with Crippen LogP contribution in [0.4, 0.5) is 0 Å². The number of ether oxygens (including phenoxy) is 1. The number of H-pyrrole nitrogens is 1. The maximum absolute atomic E-state index is 12.7. The molecule has 152 valence electrons. The van der Waals surface area contributed by atoms with Gasteiger partial charge in [-0.05, 0) is 42.2 Å². The first-order valence-electron chi connectivity index (χ1n) is 9.79.